The van der Waals surface area contributed by atoms with Gasteiger partial charge in [-0.05, 0) is 26.2 Å². The van der Waals surface area contributed by atoms with E-state index in [9.17, 15) is 4.79 Å². The number of nitrogens with two attached hydrogens (primary N) is 1. The molecule has 0 aromatic heterocycles. The molecule has 20 heavy (non-hydrogen) atoms. The number of nitrogens with one attached hydrogen (secondary N) is 1. The number of amides is 1. The van der Waals surface area contributed by atoms with E-state index in [0.717, 1.165) is 45.3 Å². The molecule has 1 heterocycles. The topological polar surface area (TPSA) is 64.4 Å². The van der Waals surface area contributed by atoms with Gasteiger partial charge in [0, 0.05) is 18.6 Å². The summed E-state index contributed by atoms with van der Waals surface area (Å²) in [5, 5.41) is 3.16. The SMILES string of the molecule is CC(NC(=O)C1(C(N)=S)CCCCCC1)C1CCOC1. The fourth-order valence-corrected chi connectivity index (χ4v) is 3.62. The molecule has 0 bridgehead atoms. The van der Waals surface area contributed by atoms with Crippen LogP contribution in [0.25, 0.3) is 0 Å². The number of carbonyl (C=O) groups excluding carboxylic acids is 1. The number of hydrogen-bond acceptors (Lipinski definition) is 3. The van der Waals surface area contributed by atoms with E-state index in [1.54, 1.807) is 0 Å². The lowest BCUT2D eigenvalue weighted by molar-refractivity contribution is -0.129. The zero-order chi connectivity index (χ0) is 14.6. The standard InChI is InChI=1S/C15H26N2O2S/c1-11(12-6-9-19-10-12)17-14(18)15(13(16)20)7-4-2-3-5-8-15/h11-12H,2-10H2,1H3,(H2,16,20)(H,17,18). The highest BCUT2D eigenvalue weighted by Gasteiger charge is 2.42. The van der Waals surface area contributed by atoms with Gasteiger partial charge in [0.1, 0.15) is 0 Å². The van der Waals surface area contributed by atoms with Gasteiger partial charge in [0.2, 0.25) is 5.91 Å². The number of rotatable bonds is 4. The maximum Gasteiger partial charge on any atom is 0.233 e. The molecule has 2 aliphatic rings. The lowest BCUT2D eigenvalue weighted by Crippen LogP contribution is -2.52. The van der Waals surface area contributed by atoms with Crippen molar-refractivity contribution in [3.8, 4) is 0 Å². The molecular formula is C15H26N2O2S. The number of ether oxygens (including phenoxy) is 1. The summed E-state index contributed by atoms with van der Waals surface area (Å²) in [5.74, 6) is 0.444. The summed E-state index contributed by atoms with van der Waals surface area (Å²) in [6.07, 6.45) is 7.01. The monoisotopic (exact) mass is 298 g/mol. The first-order valence-electron chi connectivity index (χ1n) is 7.75. The van der Waals surface area contributed by atoms with Crippen LogP contribution < -0.4 is 11.1 Å². The summed E-state index contributed by atoms with van der Waals surface area (Å²) < 4.78 is 5.40. The molecule has 1 saturated heterocycles. The average Bonchev–Trinajstić information content (AvgIpc) is 2.82. The largest absolute Gasteiger partial charge is 0.392 e. The molecule has 1 saturated carbocycles. The van der Waals surface area contributed by atoms with Crippen LogP contribution in [0.4, 0.5) is 0 Å². The van der Waals surface area contributed by atoms with Gasteiger partial charge >= 0.3 is 0 Å². The van der Waals surface area contributed by atoms with E-state index >= 15 is 0 Å². The van der Waals surface area contributed by atoms with Crippen molar-refractivity contribution in [3.63, 3.8) is 0 Å². The molecule has 0 aromatic carbocycles. The van der Waals surface area contributed by atoms with Gasteiger partial charge in [0.05, 0.1) is 17.0 Å². The van der Waals surface area contributed by atoms with E-state index in [0.29, 0.717) is 10.9 Å². The Morgan fingerprint density at radius 3 is 2.50 bits per heavy atom. The summed E-state index contributed by atoms with van der Waals surface area (Å²) in [6.45, 7) is 3.59. The fraction of sp³-hybridized carbons (Fsp3) is 0.867. The van der Waals surface area contributed by atoms with E-state index in [1.165, 1.54) is 12.8 Å². The highest BCUT2D eigenvalue weighted by molar-refractivity contribution is 7.80. The van der Waals surface area contributed by atoms with Crippen LogP contribution in [0.1, 0.15) is 51.9 Å². The second-order valence-electron chi connectivity index (χ2n) is 6.25. The zero-order valence-electron chi connectivity index (χ0n) is 12.3. The summed E-state index contributed by atoms with van der Waals surface area (Å²) in [7, 11) is 0. The molecule has 2 atom stereocenters. The number of hydrogen-bond donors (Lipinski definition) is 2. The van der Waals surface area contributed by atoms with Crippen molar-refractivity contribution in [1.82, 2.24) is 5.32 Å². The minimum absolute atomic E-state index is 0.0336. The molecule has 5 heteroatoms. The van der Waals surface area contributed by atoms with Gasteiger partial charge in [-0.25, -0.2) is 0 Å². The second kappa shape index (κ2) is 6.85. The summed E-state index contributed by atoms with van der Waals surface area (Å²) in [4.78, 5) is 13.1. The van der Waals surface area contributed by atoms with E-state index in [2.05, 4.69) is 12.2 Å². The third kappa shape index (κ3) is 3.31. The highest BCUT2D eigenvalue weighted by atomic mass is 32.1. The van der Waals surface area contributed by atoms with E-state index in [-0.39, 0.29) is 11.9 Å². The Morgan fingerprint density at radius 1 is 1.35 bits per heavy atom. The van der Waals surface area contributed by atoms with E-state index in [1.807, 2.05) is 0 Å². The first-order chi connectivity index (χ1) is 9.56. The van der Waals surface area contributed by atoms with Crippen molar-refractivity contribution in [2.45, 2.75) is 57.9 Å². The zero-order valence-corrected chi connectivity index (χ0v) is 13.1. The summed E-state index contributed by atoms with van der Waals surface area (Å²) >= 11 is 5.24. The minimum atomic E-state index is -0.625. The Bertz CT molecular complexity index is 359. The predicted molar refractivity (Wildman–Crippen MR) is 83.5 cm³/mol. The maximum absolute atomic E-state index is 12.8. The molecule has 0 aromatic rings. The first-order valence-corrected chi connectivity index (χ1v) is 8.16. The minimum Gasteiger partial charge on any atom is -0.392 e. The molecular weight excluding hydrogens is 272 g/mol. The van der Waals surface area contributed by atoms with Gasteiger partial charge in [-0.15, -0.1) is 0 Å². The van der Waals surface area contributed by atoms with Gasteiger partial charge in [0.15, 0.2) is 0 Å². The molecule has 1 aliphatic heterocycles. The van der Waals surface area contributed by atoms with Crippen LogP contribution >= 0.6 is 12.2 Å². The summed E-state index contributed by atoms with van der Waals surface area (Å²) in [5.41, 5.74) is 5.32. The highest BCUT2D eigenvalue weighted by Crippen LogP contribution is 2.36. The Kier molecular flexibility index (Phi) is 5.38. The van der Waals surface area contributed by atoms with Gasteiger partial charge in [-0.1, -0.05) is 37.9 Å². The third-order valence-electron chi connectivity index (χ3n) is 4.89. The lowest BCUT2D eigenvalue weighted by Gasteiger charge is -2.32. The van der Waals surface area contributed by atoms with Crippen LogP contribution in [-0.4, -0.2) is 30.2 Å². The Balaban J connectivity index is 2.04. The van der Waals surface area contributed by atoms with Crippen LogP contribution in [0, 0.1) is 11.3 Å². The molecule has 2 fully saturated rings. The molecule has 4 nitrogen and oxygen atoms in total. The first kappa shape index (κ1) is 15.7. The predicted octanol–water partition coefficient (Wildman–Crippen LogP) is 2.15. The van der Waals surface area contributed by atoms with Gasteiger partial charge < -0.3 is 15.8 Å². The quantitative estimate of drug-likeness (QED) is 0.616. The van der Waals surface area contributed by atoms with Gasteiger partial charge in [0.25, 0.3) is 0 Å². The lowest BCUT2D eigenvalue weighted by atomic mass is 9.79. The van der Waals surface area contributed by atoms with Crippen LogP contribution in [0.2, 0.25) is 0 Å². The average molecular weight is 298 g/mol. The van der Waals surface area contributed by atoms with Crippen molar-refractivity contribution in [3.05, 3.63) is 0 Å². The smallest absolute Gasteiger partial charge is 0.233 e. The number of carbonyl (C=O) groups is 1. The van der Waals surface area contributed by atoms with Crippen molar-refractivity contribution < 1.29 is 9.53 Å². The second-order valence-corrected chi connectivity index (χ2v) is 6.69. The van der Waals surface area contributed by atoms with Crippen molar-refractivity contribution in [2.24, 2.45) is 17.1 Å². The van der Waals surface area contributed by atoms with Crippen LogP contribution in [0.5, 0.6) is 0 Å². The molecule has 1 amide bonds. The number of thiocarbonyl (C=S) groups is 1. The molecule has 2 rings (SSSR count). The van der Waals surface area contributed by atoms with Crippen molar-refractivity contribution in [1.29, 1.82) is 0 Å². The third-order valence-corrected chi connectivity index (χ3v) is 5.28. The van der Waals surface area contributed by atoms with Crippen LogP contribution in [0.3, 0.4) is 0 Å². The Morgan fingerprint density at radius 2 is 2.00 bits per heavy atom. The van der Waals surface area contributed by atoms with Crippen molar-refractivity contribution >= 4 is 23.1 Å². The molecule has 1 aliphatic carbocycles. The molecule has 2 unspecified atom stereocenters. The summed E-state index contributed by atoms with van der Waals surface area (Å²) in [6, 6.07) is 0.125. The van der Waals surface area contributed by atoms with Gasteiger partial charge in [-0.3, -0.25) is 4.79 Å². The van der Waals surface area contributed by atoms with Crippen LogP contribution in [-0.2, 0) is 9.53 Å². The molecule has 0 radical (unpaired) electrons. The van der Waals surface area contributed by atoms with Gasteiger partial charge in [-0.2, -0.15) is 0 Å². The fourth-order valence-electron chi connectivity index (χ4n) is 3.33. The Hall–Kier alpha value is -0.680. The van der Waals surface area contributed by atoms with E-state index in [4.69, 9.17) is 22.7 Å². The molecule has 0 spiro atoms. The molecule has 3 N–H and O–H groups in total. The Labute approximate surface area is 126 Å². The van der Waals surface area contributed by atoms with Crippen LogP contribution in [0.15, 0.2) is 0 Å². The molecule has 114 valence electrons. The van der Waals surface area contributed by atoms with Crippen molar-refractivity contribution in [2.75, 3.05) is 13.2 Å². The normalized spacial score (nSPS) is 27.6. The maximum atomic E-state index is 12.8. The van der Waals surface area contributed by atoms with E-state index < -0.39 is 5.41 Å².